The zero-order valence-corrected chi connectivity index (χ0v) is 10.7. The minimum atomic E-state index is 0.458. The predicted octanol–water partition coefficient (Wildman–Crippen LogP) is 2.46. The Kier molecular flexibility index (Phi) is 3.33. The molecule has 0 aliphatic carbocycles. The van der Waals surface area contributed by atoms with E-state index in [0.29, 0.717) is 6.54 Å². The Morgan fingerprint density at radius 3 is 3.05 bits per heavy atom. The fraction of sp³-hybridized carbons (Fsp3) is 0.267. The molecule has 0 saturated heterocycles. The van der Waals surface area contributed by atoms with Crippen LogP contribution in [-0.2, 0) is 6.54 Å². The highest BCUT2D eigenvalue weighted by molar-refractivity contribution is 5.69. The van der Waals surface area contributed by atoms with Gasteiger partial charge in [0.05, 0.1) is 18.0 Å². The SMILES string of the molecule is NCc1cc(N2CCCOc3ccccc32)ccn1. The predicted molar refractivity (Wildman–Crippen MR) is 75.7 cm³/mol. The summed E-state index contributed by atoms with van der Waals surface area (Å²) >= 11 is 0. The largest absolute Gasteiger partial charge is 0.491 e. The summed E-state index contributed by atoms with van der Waals surface area (Å²) in [5.74, 6) is 0.936. The van der Waals surface area contributed by atoms with E-state index < -0.39 is 0 Å². The quantitative estimate of drug-likeness (QED) is 0.895. The molecule has 4 heteroatoms. The number of anilines is 2. The summed E-state index contributed by atoms with van der Waals surface area (Å²) in [4.78, 5) is 6.52. The Balaban J connectivity index is 2.03. The third-order valence-corrected chi connectivity index (χ3v) is 3.26. The first kappa shape index (κ1) is 12.0. The van der Waals surface area contributed by atoms with Gasteiger partial charge in [0.1, 0.15) is 5.75 Å². The van der Waals surface area contributed by atoms with E-state index in [9.17, 15) is 0 Å². The summed E-state index contributed by atoms with van der Waals surface area (Å²) in [6, 6.07) is 12.2. The van der Waals surface area contributed by atoms with Crippen LogP contribution in [-0.4, -0.2) is 18.1 Å². The number of pyridine rings is 1. The van der Waals surface area contributed by atoms with Crippen LogP contribution in [0.5, 0.6) is 5.75 Å². The maximum Gasteiger partial charge on any atom is 0.142 e. The Hall–Kier alpha value is -2.07. The van der Waals surface area contributed by atoms with Gasteiger partial charge in [0.2, 0.25) is 0 Å². The normalized spacial score (nSPS) is 14.5. The average molecular weight is 255 g/mol. The molecule has 0 saturated carbocycles. The number of benzene rings is 1. The van der Waals surface area contributed by atoms with E-state index in [1.165, 1.54) is 0 Å². The molecule has 1 aromatic heterocycles. The van der Waals surface area contributed by atoms with Crippen molar-refractivity contribution in [2.24, 2.45) is 5.73 Å². The van der Waals surface area contributed by atoms with Crippen LogP contribution in [0.3, 0.4) is 0 Å². The average Bonchev–Trinajstić information content (AvgIpc) is 2.69. The summed E-state index contributed by atoms with van der Waals surface area (Å²) in [6.07, 6.45) is 2.81. The Bertz CT molecular complexity index is 571. The molecule has 2 aromatic rings. The highest BCUT2D eigenvalue weighted by Crippen LogP contribution is 2.35. The number of nitrogens with two attached hydrogens (primary N) is 1. The molecule has 1 aliphatic heterocycles. The molecule has 1 aromatic carbocycles. The highest BCUT2D eigenvalue weighted by Gasteiger charge is 2.17. The minimum Gasteiger partial charge on any atom is -0.491 e. The number of hydrogen-bond donors (Lipinski definition) is 1. The fourth-order valence-electron chi connectivity index (χ4n) is 2.34. The lowest BCUT2D eigenvalue weighted by Crippen LogP contribution is -2.18. The van der Waals surface area contributed by atoms with Gasteiger partial charge in [0, 0.05) is 25.0 Å². The number of fused-ring (bicyclic) bond motifs is 1. The van der Waals surface area contributed by atoms with Crippen LogP contribution in [0, 0.1) is 0 Å². The van der Waals surface area contributed by atoms with Gasteiger partial charge in [0.25, 0.3) is 0 Å². The van der Waals surface area contributed by atoms with Gasteiger partial charge in [-0.2, -0.15) is 0 Å². The number of hydrogen-bond acceptors (Lipinski definition) is 4. The summed E-state index contributed by atoms with van der Waals surface area (Å²) in [6.45, 7) is 2.15. The van der Waals surface area contributed by atoms with Gasteiger partial charge in [-0.15, -0.1) is 0 Å². The molecule has 0 unspecified atom stereocenters. The van der Waals surface area contributed by atoms with E-state index >= 15 is 0 Å². The fourth-order valence-corrected chi connectivity index (χ4v) is 2.34. The van der Waals surface area contributed by atoms with Crippen LogP contribution in [0.2, 0.25) is 0 Å². The van der Waals surface area contributed by atoms with Crippen molar-refractivity contribution in [2.75, 3.05) is 18.1 Å². The minimum absolute atomic E-state index is 0.458. The molecule has 2 N–H and O–H groups in total. The molecule has 0 spiro atoms. The Morgan fingerprint density at radius 1 is 1.26 bits per heavy atom. The van der Waals surface area contributed by atoms with Gasteiger partial charge in [-0.3, -0.25) is 4.98 Å². The van der Waals surface area contributed by atoms with Crippen molar-refractivity contribution in [1.82, 2.24) is 4.98 Å². The van der Waals surface area contributed by atoms with Crippen molar-refractivity contribution in [3.8, 4) is 5.75 Å². The third kappa shape index (κ3) is 2.39. The maximum atomic E-state index is 5.77. The van der Waals surface area contributed by atoms with Gasteiger partial charge >= 0.3 is 0 Å². The zero-order valence-electron chi connectivity index (χ0n) is 10.7. The van der Waals surface area contributed by atoms with Crippen LogP contribution in [0.4, 0.5) is 11.4 Å². The van der Waals surface area contributed by atoms with Gasteiger partial charge < -0.3 is 15.4 Å². The second-order valence-electron chi connectivity index (χ2n) is 4.53. The van der Waals surface area contributed by atoms with Crippen LogP contribution in [0.15, 0.2) is 42.6 Å². The molecule has 4 nitrogen and oxygen atoms in total. The summed E-state index contributed by atoms with van der Waals surface area (Å²) in [5.41, 5.74) is 8.80. The molecule has 0 atom stereocenters. The van der Waals surface area contributed by atoms with Crippen molar-refractivity contribution < 1.29 is 4.74 Å². The van der Waals surface area contributed by atoms with Crippen molar-refractivity contribution in [3.63, 3.8) is 0 Å². The lowest BCUT2D eigenvalue weighted by atomic mass is 10.2. The first-order valence-electron chi connectivity index (χ1n) is 6.53. The number of aromatic nitrogens is 1. The molecule has 3 rings (SSSR count). The molecule has 98 valence electrons. The molecule has 0 amide bonds. The first-order chi connectivity index (χ1) is 9.38. The first-order valence-corrected chi connectivity index (χ1v) is 6.53. The smallest absolute Gasteiger partial charge is 0.142 e. The standard InChI is InChI=1S/C15H17N3O/c16-11-12-10-13(6-7-17-12)18-8-3-9-19-15-5-2-1-4-14(15)18/h1-2,4-7,10H,3,8-9,11,16H2. The number of para-hydroxylation sites is 2. The van der Waals surface area contributed by atoms with Crippen molar-refractivity contribution >= 4 is 11.4 Å². The Labute approximate surface area is 112 Å². The zero-order chi connectivity index (χ0) is 13.1. The highest BCUT2D eigenvalue weighted by atomic mass is 16.5. The van der Waals surface area contributed by atoms with Crippen LogP contribution in [0.1, 0.15) is 12.1 Å². The lowest BCUT2D eigenvalue weighted by Gasteiger charge is -2.24. The summed E-state index contributed by atoms with van der Waals surface area (Å²) in [5, 5.41) is 0. The molecule has 1 aliphatic rings. The van der Waals surface area contributed by atoms with E-state index in [0.717, 1.165) is 42.4 Å². The number of rotatable bonds is 2. The van der Waals surface area contributed by atoms with Gasteiger partial charge in [-0.1, -0.05) is 12.1 Å². The molecule has 0 radical (unpaired) electrons. The van der Waals surface area contributed by atoms with Gasteiger partial charge in [-0.05, 0) is 30.7 Å². The van der Waals surface area contributed by atoms with E-state index in [1.54, 1.807) is 0 Å². The molecule has 2 heterocycles. The van der Waals surface area contributed by atoms with Crippen molar-refractivity contribution in [2.45, 2.75) is 13.0 Å². The van der Waals surface area contributed by atoms with Crippen molar-refractivity contribution in [3.05, 3.63) is 48.3 Å². The van der Waals surface area contributed by atoms with E-state index in [4.69, 9.17) is 10.5 Å². The van der Waals surface area contributed by atoms with Crippen molar-refractivity contribution in [1.29, 1.82) is 0 Å². The monoisotopic (exact) mass is 255 g/mol. The second kappa shape index (κ2) is 5.28. The Morgan fingerprint density at radius 2 is 2.16 bits per heavy atom. The van der Waals surface area contributed by atoms with E-state index in [-0.39, 0.29) is 0 Å². The number of nitrogens with zero attached hydrogens (tertiary/aromatic N) is 2. The van der Waals surface area contributed by atoms with Gasteiger partial charge in [-0.25, -0.2) is 0 Å². The second-order valence-corrected chi connectivity index (χ2v) is 4.53. The maximum absolute atomic E-state index is 5.77. The molecule has 0 fully saturated rings. The van der Waals surface area contributed by atoms with E-state index in [1.807, 2.05) is 36.5 Å². The van der Waals surface area contributed by atoms with Crippen LogP contribution in [0.25, 0.3) is 0 Å². The number of ether oxygens (including phenoxy) is 1. The topological polar surface area (TPSA) is 51.4 Å². The third-order valence-electron chi connectivity index (χ3n) is 3.26. The lowest BCUT2D eigenvalue weighted by molar-refractivity contribution is 0.322. The van der Waals surface area contributed by atoms with Gasteiger partial charge in [0.15, 0.2) is 0 Å². The van der Waals surface area contributed by atoms with E-state index in [2.05, 4.69) is 16.0 Å². The molecular weight excluding hydrogens is 238 g/mol. The van der Waals surface area contributed by atoms with Crippen LogP contribution >= 0.6 is 0 Å². The summed E-state index contributed by atoms with van der Waals surface area (Å²) < 4.78 is 5.77. The summed E-state index contributed by atoms with van der Waals surface area (Å²) in [7, 11) is 0. The molecule has 0 bridgehead atoms. The molecular formula is C15H17N3O. The van der Waals surface area contributed by atoms with Crippen LogP contribution < -0.4 is 15.4 Å². The molecule has 19 heavy (non-hydrogen) atoms.